The number of hydrogen-bond acceptors (Lipinski definition) is 6. The highest BCUT2D eigenvalue weighted by Crippen LogP contribution is 2.07. The number of sulfonamides is 2. The molecule has 0 spiro atoms. The summed E-state index contributed by atoms with van der Waals surface area (Å²) in [6.07, 6.45) is 1.08. The first-order valence-electron chi connectivity index (χ1n) is 4.42. The molecule has 0 fully saturated rings. The lowest BCUT2D eigenvalue weighted by Gasteiger charge is -2.05. The molecule has 1 aromatic rings. The number of anilines is 1. The van der Waals surface area contributed by atoms with Gasteiger partial charge >= 0.3 is 0 Å². The van der Waals surface area contributed by atoms with E-state index in [1.54, 1.807) is 0 Å². The van der Waals surface area contributed by atoms with E-state index in [0.717, 1.165) is 6.20 Å². The van der Waals surface area contributed by atoms with Crippen molar-refractivity contribution in [1.29, 1.82) is 0 Å². The standard InChI is InChI=1S/C7H12N4O4S2/c8-7-2-1-6(5-10-7)17(14,15)11-3-4-16(9,12)13/h1-2,5,11H,3-4H2,(H2,8,10)(H2,9,12,13). The van der Waals surface area contributed by atoms with Crippen LogP contribution in [0.3, 0.4) is 0 Å². The summed E-state index contributed by atoms with van der Waals surface area (Å²) in [4.78, 5) is 3.52. The lowest BCUT2D eigenvalue weighted by molar-refractivity contribution is 0.581. The lowest BCUT2D eigenvalue weighted by Crippen LogP contribution is -2.31. The van der Waals surface area contributed by atoms with Crippen LogP contribution >= 0.6 is 0 Å². The number of nitrogens with two attached hydrogens (primary N) is 2. The Bertz CT molecular complexity index is 579. The number of nitrogens with zero attached hydrogens (tertiary/aromatic N) is 1. The second kappa shape index (κ2) is 4.96. The summed E-state index contributed by atoms with van der Waals surface area (Å²) >= 11 is 0. The summed E-state index contributed by atoms with van der Waals surface area (Å²) in [5, 5.41) is 4.73. The third-order valence-corrected chi connectivity index (χ3v) is 3.97. The molecule has 0 aliphatic heterocycles. The minimum Gasteiger partial charge on any atom is -0.384 e. The maximum absolute atomic E-state index is 11.6. The SMILES string of the molecule is Nc1ccc(S(=O)(=O)NCCS(N)(=O)=O)cn1. The number of rotatable bonds is 5. The Hall–Kier alpha value is -1.23. The van der Waals surface area contributed by atoms with Crippen LogP contribution in [-0.4, -0.2) is 34.1 Å². The van der Waals surface area contributed by atoms with Crippen LogP contribution in [0.4, 0.5) is 5.82 Å². The quantitative estimate of drug-likeness (QED) is 0.582. The molecule has 0 unspecified atom stereocenters. The highest BCUT2D eigenvalue weighted by molar-refractivity contribution is 7.90. The minimum absolute atomic E-state index is 0.0962. The average Bonchev–Trinajstić information content (AvgIpc) is 2.15. The van der Waals surface area contributed by atoms with E-state index < -0.39 is 25.8 Å². The molecule has 1 aromatic heterocycles. The smallest absolute Gasteiger partial charge is 0.242 e. The van der Waals surface area contributed by atoms with Crippen LogP contribution in [0.15, 0.2) is 23.2 Å². The van der Waals surface area contributed by atoms with Crippen LogP contribution in [0.2, 0.25) is 0 Å². The summed E-state index contributed by atoms with van der Waals surface area (Å²) in [6.45, 7) is -0.300. The molecule has 0 aliphatic carbocycles. The number of pyridine rings is 1. The van der Waals surface area contributed by atoms with Gasteiger partial charge in [-0.3, -0.25) is 0 Å². The molecule has 0 saturated heterocycles. The monoisotopic (exact) mass is 280 g/mol. The second-order valence-corrected chi connectivity index (χ2v) is 6.68. The molecule has 0 aromatic carbocycles. The largest absolute Gasteiger partial charge is 0.384 e. The molecule has 1 rings (SSSR count). The third kappa shape index (κ3) is 4.65. The van der Waals surface area contributed by atoms with Gasteiger partial charge in [0.1, 0.15) is 10.7 Å². The number of nitrogens with one attached hydrogen (secondary N) is 1. The number of aromatic nitrogens is 1. The fraction of sp³-hybridized carbons (Fsp3) is 0.286. The molecular weight excluding hydrogens is 268 g/mol. The van der Waals surface area contributed by atoms with Crippen LogP contribution in [0.1, 0.15) is 0 Å². The van der Waals surface area contributed by atoms with E-state index in [-0.39, 0.29) is 17.3 Å². The average molecular weight is 280 g/mol. The summed E-state index contributed by atoms with van der Waals surface area (Å²) in [5.74, 6) is -0.289. The molecule has 10 heteroatoms. The predicted molar refractivity (Wildman–Crippen MR) is 61.8 cm³/mol. The van der Waals surface area contributed by atoms with E-state index in [2.05, 4.69) is 9.71 Å². The highest BCUT2D eigenvalue weighted by Gasteiger charge is 2.14. The van der Waals surface area contributed by atoms with Gasteiger partial charge in [-0.15, -0.1) is 0 Å². The molecule has 0 amide bonds. The van der Waals surface area contributed by atoms with Crippen LogP contribution in [0.25, 0.3) is 0 Å². The van der Waals surface area contributed by atoms with Crippen molar-refractivity contribution < 1.29 is 16.8 Å². The van der Waals surface area contributed by atoms with Crippen molar-refractivity contribution in [2.24, 2.45) is 5.14 Å². The molecule has 1 heterocycles. The minimum atomic E-state index is -3.79. The molecule has 0 atom stereocenters. The van der Waals surface area contributed by atoms with E-state index in [1.165, 1.54) is 12.1 Å². The van der Waals surface area contributed by atoms with Crippen molar-refractivity contribution in [3.05, 3.63) is 18.3 Å². The van der Waals surface area contributed by atoms with Gasteiger partial charge in [0.05, 0.1) is 5.75 Å². The van der Waals surface area contributed by atoms with Gasteiger partial charge in [0.25, 0.3) is 0 Å². The first kappa shape index (κ1) is 13.8. The third-order valence-electron chi connectivity index (χ3n) is 1.75. The molecule has 8 nitrogen and oxygen atoms in total. The Morgan fingerprint density at radius 3 is 2.35 bits per heavy atom. The normalized spacial score (nSPS) is 12.5. The lowest BCUT2D eigenvalue weighted by atomic mass is 10.5. The Labute approximate surface area is 99.1 Å². The van der Waals surface area contributed by atoms with Gasteiger partial charge in [0.15, 0.2) is 0 Å². The van der Waals surface area contributed by atoms with Crippen molar-refractivity contribution in [1.82, 2.24) is 9.71 Å². The van der Waals surface area contributed by atoms with Gasteiger partial charge in [-0.25, -0.2) is 31.7 Å². The number of hydrogen-bond donors (Lipinski definition) is 3. The van der Waals surface area contributed by atoms with E-state index >= 15 is 0 Å². The molecule has 5 N–H and O–H groups in total. The van der Waals surface area contributed by atoms with Gasteiger partial charge in [-0.05, 0) is 12.1 Å². The van der Waals surface area contributed by atoms with Gasteiger partial charge in [0, 0.05) is 12.7 Å². The first-order chi connectivity index (χ1) is 7.71. The topological polar surface area (TPSA) is 145 Å². The van der Waals surface area contributed by atoms with Crippen molar-refractivity contribution >= 4 is 25.9 Å². The zero-order chi connectivity index (χ0) is 13.1. The zero-order valence-corrected chi connectivity index (χ0v) is 10.3. The Morgan fingerprint density at radius 1 is 1.24 bits per heavy atom. The Kier molecular flexibility index (Phi) is 4.03. The van der Waals surface area contributed by atoms with Gasteiger partial charge < -0.3 is 5.73 Å². The Balaban J connectivity index is 2.73. The van der Waals surface area contributed by atoms with Gasteiger partial charge in [-0.2, -0.15) is 0 Å². The fourth-order valence-corrected chi connectivity index (χ4v) is 2.44. The summed E-state index contributed by atoms with van der Waals surface area (Å²) in [6, 6.07) is 2.59. The molecule has 0 aliphatic rings. The van der Waals surface area contributed by atoms with Gasteiger partial charge in [0.2, 0.25) is 20.0 Å². The number of primary sulfonamides is 1. The van der Waals surface area contributed by atoms with Crippen molar-refractivity contribution in [2.75, 3.05) is 18.0 Å². The van der Waals surface area contributed by atoms with Crippen molar-refractivity contribution in [3.8, 4) is 0 Å². The van der Waals surface area contributed by atoms with Crippen LogP contribution < -0.4 is 15.6 Å². The molecule has 0 saturated carbocycles. The number of nitrogen functional groups attached to an aromatic ring is 1. The van der Waals surface area contributed by atoms with E-state index in [1.807, 2.05) is 0 Å². The van der Waals surface area contributed by atoms with E-state index in [4.69, 9.17) is 10.9 Å². The first-order valence-corrected chi connectivity index (χ1v) is 7.62. The van der Waals surface area contributed by atoms with Crippen molar-refractivity contribution in [2.45, 2.75) is 4.90 Å². The molecule has 0 radical (unpaired) electrons. The fourth-order valence-electron chi connectivity index (χ4n) is 0.952. The van der Waals surface area contributed by atoms with Gasteiger partial charge in [-0.1, -0.05) is 0 Å². The second-order valence-electron chi connectivity index (χ2n) is 3.18. The molecule has 0 bridgehead atoms. The maximum Gasteiger partial charge on any atom is 0.242 e. The summed E-state index contributed by atoms with van der Waals surface area (Å²) < 4.78 is 46.5. The molecule has 17 heavy (non-hydrogen) atoms. The zero-order valence-electron chi connectivity index (χ0n) is 8.70. The van der Waals surface area contributed by atoms with Crippen LogP contribution in [0, 0.1) is 0 Å². The Morgan fingerprint density at radius 2 is 1.88 bits per heavy atom. The van der Waals surface area contributed by atoms with Crippen LogP contribution in [-0.2, 0) is 20.0 Å². The molecular formula is C7H12N4O4S2. The van der Waals surface area contributed by atoms with E-state index in [0.29, 0.717) is 0 Å². The maximum atomic E-state index is 11.6. The van der Waals surface area contributed by atoms with E-state index in [9.17, 15) is 16.8 Å². The predicted octanol–water partition coefficient (Wildman–Crippen LogP) is -1.77. The van der Waals surface area contributed by atoms with Crippen LogP contribution in [0.5, 0.6) is 0 Å². The molecule has 96 valence electrons. The summed E-state index contributed by atoms with van der Waals surface area (Å²) in [5.41, 5.74) is 5.30. The highest BCUT2D eigenvalue weighted by atomic mass is 32.2. The van der Waals surface area contributed by atoms with Crippen molar-refractivity contribution in [3.63, 3.8) is 0 Å². The summed E-state index contributed by atoms with van der Waals surface area (Å²) in [7, 11) is -7.49.